The molecule has 0 aliphatic heterocycles. The topological polar surface area (TPSA) is 93.3 Å². The van der Waals surface area contributed by atoms with Gasteiger partial charge < -0.3 is 15.5 Å². The van der Waals surface area contributed by atoms with Crippen LogP contribution in [0.25, 0.3) is 0 Å². The van der Waals surface area contributed by atoms with Gasteiger partial charge in [-0.2, -0.15) is 5.26 Å². The quantitative estimate of drug-likeness (QED) is 0.632. The Bertz CT molecular complexity index is 468. The van der Waals surface area contributed by atoms with Crippen molar-refractivity contribution in [1.82, 2.24) is 5.32 Å². The van der Waals surface area contributed by atoms with Crippen molar-refractivity contribution in [3.05, 3.63) is 35.4 Å². The average molecular weight is 262 g/mol. The van der Waals surface area contributed by atoms with Crippen molar-refractivity contribution in [2.24, 2.45) is 0 Å². The number of nitriles is 1. The van der Waals surface area contributed by atoms with Crippen molar-refractivity contribution in [2.45, 2.75) is 25.0 Å². The molecule has 1 aromatic rings. The zero-order valence-corrected chi connectivity index (χ0v) is 10.8. The number of nitrogens with zero attached hydrogens (tertiary/aromatic N) is 1. The van der Waals surface area contributed by atoms with Crippen LogP contribution in [0.5, 0.6) is 0 Å². The monoisotopic (exact) mass is 262 g/mol. The maximum absolute atomic E-state index is 11.8. The molecule has 1 aromatic carbocycles. The summed E-state index contributed by atoms with van der Waals surface area (Å²) in [4.78, 5) is 11.8. The first-order chi connectivity index (χ1) is 9.11. The number of aliphatic hydroxyl groups excluding tert-OH is 2. The molecule has 0 aromatic heterocycles. The Balaban J connectivity index is 2.93. The van der Waals surface area contributed by atoms with Crippen LogP contribution < -0.4 is 5.32 Å². The fourth-order valence-corrected chi connectivity index (χ4v) is 1.83. The minimum absolute atomic E-state index is 0.240. The minimum Gasteiger partial charge on any atom is -0.390 e. The lowest BCUT2D eigenvalue weighted by Crippen LogP contribution is -2.24. The SMILES string of the molecule is CNCCC(O)C(O)c1ccccc1C(=O)CC#N. The van der Waals surface area contributed by atoms with E-state index in [1.165, 1.54) is 0 Å². The van der Waals surface area contributed by atoms with E-state index in [0.29, 0.717) is 24.1 Å². The zero-order chi connectivity index (χ0) is 14.3. The van der Waals surface area contributed by atoms with Crippen molar-refractivity contribution in [1.29, 1.82) is 5.26 Å². The molecule has 0 saturated heterocycles. The number of carbonyl (C=O) groups is 1. The fourth-order valence-electron chi connectivity index (χ4n) is 1.83. The first-order valence-electron chi connectivity index (χ1n) is 6.11. The summed E-state index contributed by atoms with van der Waals surface area (Å²) in [6.45, 7) is 0.562. The summed E-state index contributed by atoms with van der Waals surface area (Å²) >= 11 is 0. The van der Waals surface area contributed by atoms with E-state index in [2.05, 4.69) is 5.32 Å². The highest BCUT2D eigenvalue weighted by Crippen LogP contribution is 2.23. The third-order valence-electron chi connectivity index (χ3n) is 2.87. The van der Waals surface area contributed by atoms with Gasteiger partial charge in [0.25, 0.3) is 0 Å². The van der Waals surface area contributed by atoms with E-state index in [1.54, 1.807) is 37.4 Å². The van der Waals surface area contributed by atoms with E-state index in [4.69, 9.17) is 5.26 Å². The third-order valence-corrected chi connectivity index (χ3v) is 2.87. The summed E-state index contributed by atoms with van der Waals surface area (Å²) in [5.41, 5.74) is 0.659. The number of nitrogens with one attached hydrogen (secondary N) is 1. The number of benzene rings is 1. The van der Waals surface area contributed by atoms with E-state index < -0.39 is 12.2 Å². The molecule has 2 unspecified atom stereocenters. The molecule has 0 bridgehead atoms. The third kappa shape index (κ3) is 4.14. The van der Waals surface area contributed by atoms with Crippen molar-refractivity contribution in [3.63, 3.8) is 0 Å². The number of carbonyl (C=O) groups excluding carboxylic acids is 1. The molecule has 1 rings (SSSR count). The molecule has 0 amide bonds. The first kappa shape index (κ1) is 15.3. The number of Topliss-reactive ketones (excluding diaryl/α,β-unsaturated/α-hetero) is 1. The highest BCUT2D eigenvalue weighted by Gasteiger charge is 2.22. The van der Waals surface area contributed by atoms with Gasteiger partial charge in [0.05, 0.1) is 18.6 Å². The summed E-state index contributed by atoms with van der Waals surface area (Å²) < 4.78 is 0. The largest absolute Gasteiger partial charge is 0.390 e. The van der Waals surface area contributed by atoms with Crippen LogP contribution in [0.4, 0.5) is 0 Å². The smallest absolute Gasteiger partial charge is 0.177 e. The van der Waals surface area contributed by atoms with Gasteiger partial charge in [0, 0.05) is 5.56 Å². The van der Waals surface area contributed by atoms with Gasteiger partial charge in [-0.15, -0.1) is 0 Å². The molecule has 0 fully saturated rings. The molecule has 102 valence electrons. The molecule has 5 nitrogen and oxygen atoms in total. The highest BCUT2D eigenvalue weighted by molar-refractivity contribution is 5.98. The van der Waals surface area contributed by atoms with E-state index >= 15 is 0 Å². The summed E-state index contributed by atoms with van der Waals surface area (Å²) in [5.74, 6) is -0.349. The van der Waals surface area contributed by atoms with Crippen LogP contribution >= 0.6 is 0 Å². The van der Waals surface area contributed by atoms with Crippen molar-refractivity contribution in [3.8, 4) is 6.07 Å². The summed E-state index contributed by atoms with van der Waals surface area (Å²) in [7, 11) is 1.75. The van der Waals surface area contributed by atoms with Crippen molar-refractivity contribution in [2.75, 3.05) is 13.6 Å². The Morgan fingerprint density at radius 2 is 2.11 bits per heavy atom. The summed E-state index contributed by atoms with van der Waals surface area (Å²) in [6, 6.07) is 8.30. The second-order valence-electron chi connectivity index (χ2n) is 4.25. The van der Waals surface area contributed by atoms with E-state index in [0.717, 1.165) is 0 Å². The normalized spacial score (nSPS) is 13.6. The van der Waals surface area contributed by atoms with Gasteiger partial charge in [-0.05, 0) is 25.6 Å². The highest BCUT2D eigenvalue weighted by atomic mass is 16.3. The van der Waals surface area contributed by atoms with E-state index in [-0.39, 0.29) is 12.2 Å². The Labute approximate surface area is 112 Å². The van der Waals surface area contributed by atoms with Crippen LogP contribution in [-0.4, -0.2) is 35.7 Å². The maximum atomic E-state index is 11.8. The molecular formula is C14H18N2O3. The standard InChI is InChI=1S/C14H18N2O3/c1-16-9-7-13(18)14(19)11-5-3-2-4-10(11)12(17)6-8-15/h2-5,13-14,16,18-19H,6-7,9H2,1H3. The van der Waals surface area contributed by atoms with Gasteiger partial charge in [0.2, 0.25) is 0 Å². The molecule has 0 aliphatic carbocycles. The molecule has 3 N–H and O–H groups in total. The molecule has 0 radical (unpaired) electrons. The molecule has 2 atom stereocenters. The number of aliphatic hydroxyl groups is 2. The molecule has 0 saturated carbocycles. The van der Waals surface area contributed by atoms with E-state index in [1.807, 2.05) is 0 Å². The predicted octanol–water partition coefficient (Wildman–Crippen LogP) is 0.787. The van der Waals surface area contributed by atoms with Gasteiger partial charge >= 0.3 is 0 Å². The second kappa shape index (κ2) is 7.64. The van der Waals surface area contributed by atoms with Crippen LogP contribution in [0.2, 0.25) is 0 Å². The van der Waals surface area contributed by atoms with Crippen molar-refractivity contribution < 1.29 is 15.0 Å². The molecule has 0 aliphatic rings. The second-order valence-corrected chi connectivity index (χ2v) is 4.25. The van der Waals surface area contributed by atoms with Gasteiger partial charge in [-0.1, -0.05) is 24.3 Å². The molecule has 5 heteroatoms. The summed E-state index contributed by atoms with van der Waals surface area (Å²) in [6.07, 6.45) is -1.95. The van der Waals surface area contributed by atoms with Gasteiger partial charge in [0.15, 0.2) is 5.78 Å². The Morgan fingerprint density at radius 1 is 1.42 bits per heavy atom. The Hall–Kier alpha value is -1.74. The number of hydrogen-bond acceptors (Lipinski definition) is 5. The number of rotatable bonds is 7. The Kier molecular flexibility index (Phi) is 6.16. The van der Waals surface area contributed by atoms with E-state index in [9.17, 15) is 15.0 Å². The van der Waals surface area contributed by atoms with Crippen LogP contribution in [0.15, 0.2) is 24.3 Å². The lowest BCUT2D eigenvalue weighted by Gasteiger charge is -2.20. The molecular weight excluding hydrogens is 244 g/mol. The lowest BCUT2D eigenvalue weighted by molar-refractivity contribution is 0.0136. The maximum Gasteiger partial charge on any atom is 0.177 e. The zero-order valence-electron chi connectivity index (χ0n) is 10.8. The van der Waals surface area contributed by atoms with Crippen molar-refractivity contribution >= 4 is 5.78 Å². The minimum atomic E-state index is -1.13. The van der Waals surface area contributed by atoms with Gasteiger partial charge in [-0.25, -0.2) is 0 Å². The van der Waals surface area contributed by atoms with Crippen LogP contribution in [0.3, 0.4) is 0 Å². The average Bonchev–Trinajstić information content (AvgIpc) is 2.44. The lowest BCUT2D eigenvalue weighted by atomic mass is 9.94. The molecule has 0 spiro atoms. The van der Waals surface area contributed by atoms with Crippen LogP contribution in [0, 0.1) is 11.3 Å². The van der Waals surface area contributed by atoms with Crippen LogP contribution in [-0.2, 0) is 0 Å². The van der Waals surface area contributed by atoms with Gasteiger partial charge in [-0.3, -0.25) is 4.79 Å². The Morgan fingerprint density at radius 3 is 2.74 bits per heavy atom. The summed E-state index contributed by atoms with van der Waals surface area (Å²) in [5, 5.41) is 31.4. The first-order valence-corrected chi connectivity index (χ1v) is 6.11. The number of ketones is 1. The number of hydrogen-bond donors (Lipinski definition) is 3. The fraction of sp³-hybridized carbons (Fsp3) is 0.429. The molecule has 0 heterocycles. The molecule has 19 heavy (non-hydrogen) atoms. The van der Waals surface area contributed by atoms with Crippen LogP contribution in [0.1, 0.15) is 34.9 Å². The van der Waals surface area contributed by atoms with Gasteiger partial charge in [0.1, 0.15) is 6.10 Å². The predicted molar refractivity (Wildman–Crippen MR) is 70.5 cm³/mol.